The number of allylic oxidation sites excluding steroid dienone is 2. The van der Waals surface area contributed by atoms with Crippen LogP contribution in [-0.4, -0.2) is 9.52 Å². The van der Waals surface area contributed by atoms with Crippen LogP contribution in [0.2, 0.25) is 20.3 Å². The minimum atomic E-state index is -0.799. The topological polar surface area (TPSA) is 0 Å². The van der Waals surface area contributed by atoms with E-state index in [1.54, 1.807) is 47.2 Å². The molecule has 2 aliphatic carbocycles. The molecule has 9 rings (SSSR count). The maximum absolute atomic E-state index is 2.60. The van der Waals surface area contributed by atoms with Crippen LogP contribution in [0.3, 0.4) is 0 Å². The standard InChI is InChI=1S/C43H35.C4H10Si.CH3.Zr/c1-3-30-40(34-21-9-11-23-38(34)42(30)36-25-13-17-28-15-5-7-19-32(28)36)27-41-31(4-2)43(39-24-12-10-22-35(39)41)37-26-14-18-29-16-6-8-20-33(29)37;1-2-4-5-3-1;;/h5-27,40-41H,3-4H2,1-2H3;1-5H2;1H3;. The molecule has 6 aromatic carbocycles. The summed E-state index contributed by atoms with van der Waals surface area (Å²) in [4.78, 5) is 0. The van der Waals surface area contributed by atoms with Crippen LogP contribution in [0, 0.1) is 0 Å². The molecule has 6 aromatic rings. The molecular formula is C48H48SiZr. The first-order valence-electron chi connectivity index (χ1n) is 19.0. The Labute approximate surface area is 313 Å². The van der Waals surface area contributed by atoms with E-state index < -0.39 is 23.2 Å². The summed E-state index contributed by atoms with van der Waals surface area (Å²) in [6, 6.07) is 53.7. The summed E-state index contributed by atoms with van der Waals surface area (Å²) >= 11 is -0.799. The summed E-state index contributed by atoms with van der Waals surface area (Å²) < 4.78 is 3.23. The van der Waals surface area contributed by atoms with Crippen LogP contribution in [0.4, 0.5) is 0 Å². The van der Waals surface area contributed by atoms with E-state index in [9.17, 15) is 0 Å². The third-order valence-corrected chi connectivity index (χ3v) is 17.0. The Hall–Kier alpha value is -3.58. The fourth-order valence-corrected chi connectivity index (χ4v) is 14.8. The van der Waals surface area contributed by atoms with Crippen molar-refractivity contribution in [2.24, 2.45) is 0 Å². The third-order valence-electron chi connectivity index (χ3n) is 11.7. The number of fused-ring (bicyclic) bond motifs is 4. The predicted molar refractivity (Wildman–Crippen MR) is 216 cm³/mol. The zero-order chi connectivity index (χ0) is 34.0. The molecular weight excluding hydrogens is 696 g/mol. The van der Waals surface area contributed by atoms with Gasteiger partial charge >= 0.3 is 281 Å². The summed E-state index contributed by atoms with van der Waals surface area (Å²) in [5.74, 6) is 0.895. The van der Waals surface area contributed by atoms with E-state index in [-0.39, 0.29) is 0 Å². The Balaban J connectivity index is 0.000000666. The summed E-state index contributed by atoms with van der Waals surface area (Å²) in [7, 11) is 0.543. The predicted octanol–water partition coefficient (Wildman–Crippen LogP) is 13.0. The van der Waals surface area contributed by atoms with Gasteiger partial charge in [0.25, 0.3) is 0 Å². The van der Waals surface area contributed by atoms with Gasteiger partial charge in [0.05, 0.1) is 0 Å². The van der Waals surface area contributed by atoms with E-state index in [4.69, 9.17) is 0 Å². The van der Waals surface area contributed by atoms with Gasteiger partial charge in [-0.3, -0.25) is 0 Å². The van der Waals surface area contributed by atoms with Gasteiger partial charge in [-0.1, -0.05) is 24.9 Å². The first-order valence-corrected chi connectivity index (χ1v) is 24.9. The van der Waals surface area contributed by atoms with Gasteiger partial charge in [0.15, 0.2) is 0 Å². The van der Waals surface area contributed by atoms with Crippen molar-refractivity contribution >= 4 is 42.2 Å². The molecule has 1 saturated heterocycles. The first kappa shape index (κ1) is 33.6. The van der Waals surface area contributed by atoms with Crippen LogP contribution < -0.4 is 0 Å². The molecule has 0 nitrogen and oxygen atoms in total. The van der Waals surface area contributed by atoms with Gasteiger partial charge in [-0.05, 0) is 0 Å². The van der Waals surface area contributed by atoms with Crippen LogP contribution in [0.5, 0.6) is 0 Å². The maximum atomic E-state index is 2.60. The van der Waals surface area contributed by atoms with E-state index >= 15 is 0 Å². The third kappa shape index (κ3) is 5.87. The molecule has 0 bridgehead atoms. The van der Waals surface area contributed by atoms with Crippen molar-refractivity contribution in [2.45, 2.75) is 71.7 Å². The number of rotatable bonds is 7. The quantitative estimate of drug-likeness (QED) is 0.143. The van der Waals surface area contributed by atoms with Crippen LogP contribution in [0.1, 0.15) is 84.7 Å². The van der Waals surface area contributed by atoms with E-state index in [1.807, 2.05) is 0 Å². The normalized spacial score (nSPS) is 18.6. The number of benzene rings is 6. The van der Waals surface area contributed by atoms with Gasteiger partial charge in [0.1, 0.15) is 0 Å². The van der Waals surface area contributed by atoms with E-state index in [1.165, 1.54) is 54.9 Å². The van der Waals surface area contributed by atoms with Crippen LogP contribution in [0.25, 0.3) is 32.7 Å². The minimum absolute atomic E-state index is 0.447. The molecule has 2 unspecified atom stereocenters. The molecule has 1 aliphatic heterocycles. The Morgan fingerprint density at radius 3 is 1.34 bits per heavy atom. The Bertz CT molecular complexity index is 2060. The van der Waals surface area contributed by atoms with Crippen molar-refractivity contribution in [3.8, 4) is 0 Å². The zero-order valence-corrected chi connectivity index (χ0v) is 33.8. The molecule has 0 spiro atoms. The van der Waals surface area contributed by atoms with Crippen LogP contribution in [-0.2, 0) is 23.2 Å². The summed E-state index contributed by atoms with van der Waals surface area (Å²) in [6.07, 6.45) is 5.27. The van der Waals surface area contributed by atoms with Crippen molar-refractivity contribution in [1.82, 2.24) is 0 Å². The molecule has 1 fully saturated rings. The molecule has 0 N–H and O–H groups in total. The Morgan fingerprint density at radius 1 is 0.520 bits per heavy atom. The molecule has 2 heteroatoms. The van der Waals surface area contributed by atoms with E-state index in [0.717, 1.165) is 12.8 Å². The fourth-order valence-electron chi connectivity index (χ4n) is 9.57. The SMILES string of the molecule is C1CC[SiH2]C1.CCC1=C(c2cccc3ccccc23)c2ccccc2C1[CH]([Zr][CH3])C1C(CC)=C(c2cccc3ccccc23)c2ccccc21. The molecule has 0 saturated carbocycles. The zero-order valence-electron chi connectivity index (χ0n) is 29.9. The second-order valence-corrected chi connectivity index (χ2v) is 19.5. The van der Waals surface area contributed by atoms with Crippen molar-refractivity contribution in [3.05, 3.63) is 178 Å². The number of hydrogen-bond acceptors (Lipinski definition) is 0. The fraction of sp³-hybridized carbons (Fsp3) is 0.250. The summed E-state index contributed by atoms with van der Waals surface area (Å²) in [6.45, 7) is 4.80. The van der Waals surface area contributed by atoms with Crippen molar-refractivity contribution in [2.75, 3.05) is 0 Å². The van der Waals surface area contributed by atoms with Crippen molar-refractivity contribution < 1.29 is 23.2 Å². The molecule has 3 aliphatic rings. The molecule has 248 valence electrons. The molecule has 2 atom stereocenters. The van der Waals surface area contributed by atoms with Gasteiger partial charge < -0.3 is 0 Å². The average Bonchev–Trinajstić information content (AvgIpc) is 3.94. The van der Waals surface area contributed by atoms with Gasteiger partial charge in [0.2, 0.25) is 0 Å². The second kappa shape index (κ2) is 15.0. The molecule has 1 heterocycles. The summed E-state index contributed by atoms with van der Waals surface area (Å²) in [5.41, 5.74) is 15.1. The van der Waals surface area contributed by atoms with Crippen LogP contribution >= 0.6 is 0 Å². The Morgan fingerprint density at radius 2 is 0.920 bits per heavy atom. The number of hydrogen-bond donors (Lipinski definition) is 0. The van der Waals surface area contributed by atoms with Crippen molar-refractivity contribution in [3.63, 3.8) is 0 Å². The average molecular weight is 744 g/mol. The van der Waals surface area contributed by atoms with Crippen LogP contribution in [0.15, 0.2) is 145 Å². The molecule has 50 heavy (non-hydrogen) atoms. The second-order valence-electron chi connectivity index (χ2n) is 14.3. The van der Waals surface area contributed by atoms with Gasteiger partial charge in [-0.15, -0.1) is 0 Å². The van der Waals surface area contributed by atoms with E-state index in [2.05, 4.69) is 152 Å². The molecule has 0 radical (unpaired) electrons. The van der Waals surface area contributed by atoms with Crippen molar-refractivity contribution in [1.29, 1.82) is 0 Å². The van der Waals surface area contributed by atoms with E-state index in [0.29, 0.717) is 25.0 Å². The van der Waals surface area contributed by atoms with Gasteiger partial charge in [-0.25, -0.2) is 0 Å². The summed E-state index contributed by atoms with van der Waals surface area (Å²) in [5, 5.41) is 5.37. The van der Waals surface area contributed by atoms with Gasteiger partial charge in [0, 0.05) is 9.52 Å². The molecule has 0 aromatic heterocycles. The monoisotopic (exact) mass is 742 g/mol. The Kier molecular flexibility index (Phi) is 10.0. The first-order chi connectivity index (χ1) is 24.7. The van der Waals surface area contributed by atoms with Gasteiger partial charge in [-0.2, -0.15) is 0 Å². The molecule has 0 amide bonds.